The number of nitrogens with two attached hydrogens (primary N) is 1. The number of para-hydroxylation sites is 1. The quantitative estimate of drug-likeness (QED) is 0.535. The Morgan fingerprint density at radius 1 is 1.23 bits per heavy atom. The molecule has 3 amide bonds. The Morgan fingerprint density at radius 2 is 1.93 bits per heavy atom. The molecule has 0 saturated carbocycles. The highest BCUT2D eigenvalue weighted by Crippen LogP contribution is 2.22. The molecule has 2 rings (SSSR count). The number of aryl methyl sites for hydroxylation is 1. The van der Waals surface area contributed by atoms with Crippen molar-refractivity contribution in [2.24, 2.45) is 11.1 Å². The summed E-state index contributed by atoms with van der Waals surface area (Å²) in [6.07, 6.45) is 1.99. The van der Waals surface area contributed by atoms with Crippen molar-refractivity contribution in [2.75, 3.05) is 6.54 Å². The first-order chi connectivity index (χ1) is 14.1. The minimum Gasteiger partial charge on any atom is -0.368 e. The van der Waals surface area contributed by atoms with Gasteiger partial charge in [0, 0.05) is 18.4 Å². The van der Waals surface area contributed by atoms with E-state index < -0.39 is 29.2 Å². The van der Waals surface area contributed by atoms with Crippen LogP contribution in [-0.2, 0) is 16.1 Å². The minimum atomic E-state index is -0.885. The van der Waals surface area contributed by atoms with Crippen LogP contribution in [0.4, 0.5) is 0 Å². The maximum Gasteiger partial charge on any atom is 0.273 e. The summed E-state index contributed by atoms with van der Waals surface area (Å²) in [6.45, 7) is 5.72. The van der Waals surface area contributed by atoms with Crippen molar-refractivity contribution in [3.8, 4) is 6.07 Å². The first-order valence-corrected chi connectivity index (χ1v) is 9.84. The molecule has 0 bridgehead atoms. The second-order valence-electron chi connectivity index (χ2n) is 8.16. The molecule has 0 radical (unpaired) electrons. The molecular formula is C21H28N6O3. The summed E-state index contributed by atoms with van der Waals surface area (Å²) in [5, 5.41) is 19.0. The van der Waals surface area contributed by atoms with E-state index in [4.69, 9.17) is 11.0 Å². The summed E-state index contributed by atoms with van der Waals surface area (Å²) < 4.78 is 1.75. The van der Waals surface area contributed by atoms with Crippen molar-refractivity contribution < 1.29 is 14.4 Å². The number of carbonyl (C=O) groups excluding carboxylic acids is 3. The molecule has 9 heteroatoms. The van der Waals surface area contributed by atoms with Crippen molar-refractivity contribution >= 4 is 28.6 Å². The number of hydrogen-bond acceptors (Lipinski definition) is 5. The van der Waals surface area contributed by atoms with Crippen LogP contribution >= 0.6 is 0 Å². The summed E-state index contributed by atoms with van der Waals surface area (Å²) in [4.78, 5) is 36.6. The molecule has 1 atom stereocenters. The number of nitrogens with zero attached hydrogens (tertiary/aromatic N) is 3. The number of rotatable bonds is 9. The predicted octanol–water partition coefficient (Wildman–Crippen LogP) is 1.48. The highest BCUT2D eigenvalue weighted by atomic mass is 16.2. The Kier molecular flexibility index (Phi) is 7.53. The summed E-state index contributed by atoms with van der Waals surface area (Å²) in [5.41, 5.74) is 5.53. The Morgan fingerprint density at radius 3 is 2.57 bits per heavy atom. The highest BCUT2D eigenvalue weighted by molar-refractivity contribution is 6.06. The number of fused-ring (bicyclic) bond motifs is 1. The van der Waals surface area contributed by atoms with Crippen LogP contribution in [0.25, 0.3) is 10.9 Å². The van der Waals surface area contributed by atoms with Gasteiger partial charge >= 0.3 is 0 Å². The molecule has 1 aromatic heterocycles. The number of benzene rings is 1. The number of nitriles is 1. The van der Waals surface area contributed by atoms with E-state index in [1.54, 1.807) is 4.68 Å². The van der Waals surface area contributed by atoms with Gasteiger partial charge in [0.05, 0.1) is 18.1 Å². The first kappa shape index (κ1) is 22.9. The number of carbonyl (C=O) groups is 3. The van der Waals surface area contributed by atoms with E-state index in [9.17, 15) is 14.4 Å². The maximum absolute atomic E-state index is 13.0. The molecule has 0 unspecified atom stereocenters. The highest BCUT2D eigenvalue weighted by Gasteiger charge is 2.34. The van der Waals surface area contributed by atoms with Crippen LogP contribution < -0.4 is 16.4 Å². The summed E-state index contributed by atoms with van der Waals surface area (Å²) in [6, 6.07) is 8.61. The van der Waals surface area contributed by atoms with E-state index >= 15 is 0 Å². The first-order valence-electron chi connectivity index (χ1n) is 9.84. The topological polar surface area (TPSA) is 143 Å². The number of primary amides is 1. The molecule has 4 N–H and O–H groups in total. The third kappa shape index (κ3) is 5.80. The van der Waals surface area contributed by atoms with Gasteiger partial charge < -0.3 is 16.4 Å². The molecule has 30 heavy (non-hydrogen) atoms. The van der Waals surface area contributed by atoms with E-state index in [1.807, 2.05) is 45.0 Å². The zero-order valence-corrected chi connectivity index (χ0v) is 17.6. The third-order valence-electron chi connectivity index (χ3n) is 4.62. The number of aromatic nitrogens is 2. The van der Waals surface area contributed by atoms with Crippen molar-refractivity contribution in [2.45, 2.75) is 52.6 Å². The van der Waals surface area contributed by atoms with E-state index in [-0.39, 0.29) is 12.2 Å². The molecule has 0 aliphatic carbocycles. The van der Waals surface area contributed by atoms with Gasteiger partial charge in [0.25, 0.3) is 5.91 Å². The fraction of sp³-hybridized carbons (Fsp3) is 0.476. The van der Waals surface area contributed by atoms with Crippen LogP contribution in [0, 0.1) is 16.7 Å². The molecule has 0 saturated heterocycles. The van der Waals surface area contributed by atoms with Crippen LogP contribution in [-0.4, -0.2) is 40.1 Å². The second-order valence-corrected chi connectivity index (χ2v) is 8.16. The van der Waals surface area contributed by atoms with Crippen LogP contribution in [0.2, 0.25) is 0 Å². The third-order valence-corrected chi connectivity index (χ3v) is 4.62. The van der Waals surface area contributed by atoms with Crippen molar-refractivity contribution in [1.82, 2.24) is 20.4 Å². The van der Waals surface area contributed by atoms with Crippen LogP contribution in [0.3, 0.4) is 0 Å². The van der Waals surface area contributed by atoms with Gasteiger partial charge in [0.1, 0.15) is 6.04 Å². The van der Waals surface area contributed by atoms with E-state index in [0.717, 1.165) is 18.4 Å². The Balaban J connectivity index is 2.26. The van der Waals surface area contributed by atoms with E-state index in [1.165, 1.54) is 0 Å². The zero-order chi connectivity index (χ0) is 22.3. The van der Waals surface area contributed by atoms with Gasteiger partial charge in [-0.25, -0.2) is 0 Å². The molecule has 0 spiro atoms. The Bertz CT molecular complexity index is 967. The van der Waals surface area contributed by atoms with Crippen molar-refractivity contribution in [3.05, 3.63) is 30.0 Å². The average Bonchev–Trinajstić information content (AvgIpc) is 3.05. The fourth-order valence-electron chi connectivity index (χ4n) is 3.08. The molecular weight excluding hydrogens is 384 g/mol. The molecule has 1 heterocycles. The SMILES string of the molecule is CC(C)(C)[C@H](NC(=O)c1nn(CCCCC#N)c2ccccc12)C(=O)NCC(N)=O. The van der Waals surface area contributed by atoms with E-state index in [0.29, 0.717) is 18.4 Å². The molecule has 0 fully saturated rings. The second kappa shape index (κ2) is 9.87. The summed E-state index contributed by atoms with van der Waals surface area (Å²) in [5.74, 6) is -1.63. The lowest BCUT2D eigenvalue weighted by molar-refractivity contribution is -0.128. The van der Waals surface area contributed by atoms with Gasteiger partial charge in [0.15, 0.2) is 5.69 Å². The van der Waals surface area contributed by atoms with Gasteiger partial charge in [-0.2, -0.15) is 10.4 Å². The lowest BCUT2D eigenvalue weighted by atomic mass is 9.86. The fourth-order valence-corrected chi connectivity index (χ4v) is 3.08. The smallest absolute Gasteiger partial charge is 0.273 e. The Labute approximate surface area is 175 Å². The largest absolute Gasteiger partial charge is 0.368 e. The van der Waals surface area contributed by atoms with E-state index in [2.05, 4.69) is 21.8 Å². The zero-order valence-electron chi connectivity index (χ0n) is 17.6. The minimum absolute atomic E-state index is 0.225. The van der Waals surface area contributed by atoms with Crippen molar-refractivity contribution in [3.63, 3.8) is 0 Å². The Hall–Kier alpha value is -3.41. The van der Waals surface area contributed by atoms with Crippen LogP contribution in [0.1, 0.15) is 50.5 Å². The van der Waals surface area contributed by atoms with Crippen LogP contribution in [0.15, 0.2) is 24.3 Å². The molecule has 160 valence electrons. The number of hydrogen-bond donors (Lipinski definition) is 3. The molecule has 0 aliphatic rings. The number of amides is 3. The van der Waals surface area contributed by atoms with Gasteiger partial charge in [-0.1, -0.05) is 39.0 Å². The maximum atomic E-state index is 13.0. The van der Waals surface area contributed by atoms with Gasteiger partial charge in [-0.3, -0.25) is 19.1 Å². The van der Waals surface area contributed by atoms with Crippen LogP contribution in [0.5, 0.6) is 0 Å². The average molecular weight is 412 g/mol. The monoisotopic (exact) mass is 412 g/mol. The lowest BCUT2D eigenvalue weighted by Gasteiger charge is -2.30. The van der Waals surface area contributed by atoms with Gasteiger partial charge in [-0.05, 0) is 24.3 Å². The molecule has 9 nitrogen and oxygen atoms in total. The van der Waals surface area contributed by atoms with Gasteiger partial charge in [0.2, 0.25) is 11.8 Å². The van der Waals surface area contributed by atoms with Crippen molar-refractivity contribution in [1.29, 1.82) is 5.26 Å². The van der Waals surface area contributed by atoms with Gasteiger partial charge in [-0.15, -0.1) is 0 Å². The normalized spacial score (nSPS) is 12.2. The predicted molar refractivity (Wildman–Crippen MR) is 112 cm³/mol. The summed E-state index contributed by atoms with van der Waals surface area (Å²) in [7, 11) is 0. The summed E-state index contributed by atoms with van der Waals surface area (Å²) >= 11 is 0. The molecule has 1 aromatic carbocycles. The number of unbranched alkanes of at least 4 members (excludes halogenated alkanes) is 2. The number of nitrogens with one attached hydrogen (secondary N) is 2. The lowest BCUT2D eigenvalue weighted by Crippen LogP contribution is -2.54. The molecule has 2 aromatic rings. The standard InChI is InChI=1S/C21H28N6O3/c1-21(2,3)18(20(30)24-13-16(23)28)25-19(29)17-14-9-5-6-10-15(14)27(26-17)12-8-4-7-11-22/h5-6,9-10,18H,4,7-8,12-13H2,1-3H3,(H2,23,28)(H,24,30)(H,25,29)/t18-/m1/s1. The molecule has 0 aliphatic heterocycles.